The number of allylic oxidation sites excluding steroid dienone is 1. The number of hydrogen-bond acceptors (Lipinski definition) is 1. The fourth-order valence-electron chi connectivity index (χ4n) is 1.83. The molecule has 1 nitrogen and oxygen atoms in total. The topological polar surface area (TPSA) is 12.0 Å². The summed E-state index contributed by atoms with van der Waals surface area (Å²) in [4.78, 5) is 0. The van der Waals surface area contributed by atoms with Gasteiger partial charge in [0.1, 0.15) is 0 Å². The molecule has 0 amide bonds. The smallest absolute Gasteiger partial charge is 0.0390 e. The van der Waals surface area contributed by atoms with E-state index in [4.69, 9.17) is 0 Å². The van der Waals surface area contributed by atoms with Crippen LogP contribution in [0, 0.1) is 6.92 Å². The molecule has 0 radical (unpaired) electrons. The molecule has 1 heteroatoms. The molecule has 0 spiro atoms. The van der Waals surface area contributed by atoms with E-state index in [1.807, 2.05) is 18.2 Å². The number of aryl methyl sites for hydroxylation is 1. The Kier molecular flexibility index (Phi) is 4.19. The Bertz CT molecular complexity index is 527. The third-order valence-corrected chi connectivity index (χ3v) is 2.87. The van der Waals surface area contributed by atoms with Crippen molar-refractivity contribution < 1.29 is 0 Å². The van der Waals surface area contributed by atoms with Crippen molar-refractivity contribution >= 4 is 17.5 Å². The van der Waals surface area contributed by atoms with Crippen LogP contribution in [0.2, 0.25) is 0 Å². The van der Waals surface area contributed by atoms with Gasteiger partial charge in [0.2, 0.25) is 0 Å². The number of hydrogen-bond donors (Lipinski definition) is 1. The fourth-order valence-corrected chi connectivity index (χ4v) is 1.83. The molecule has 2 aromatic carbocycles. The van der Waals surface area contributed by atoms with Gasteiger partial charge in [-0.15, -0.1) is 0 Å². The standard InChI is InChI=1S/C17H19N/c1-3-4-8-15-13-17(12-11-14(15)2)18-16-9-6-5-7-10-16/h4-13,18H,3H2,1-2H3/b8-4-. The van der Waals surface area contributed by atoms with Crippen LogP contribution in [0.15, 0.2) is 54.6 Å². The highest BCUT2D eigenvalue weighted by molar-refractivity contribution is 5.65. The molecule has 18 heavy (non-hydrogen) atoms. The van der Waals surface area contributed by atoms with Crippen molar-refractivity contribution in [3.05, 3.63) is 65.7 Å². The first-order valence-electron chi connectivity index (χ1n) is 6.39. The molecule has 0 aliphatic rings. The van der Waals surface area contributed by atoms with Gasteiger partial charge < -0.3 is 5.32 Å². The minimum atomic E-state index is 1.07. The molecule has 0 saturated heterocycles. The first-order valence-corrected chi connectivity index (χ1v) is 6.39. The molecule has 2 aromatic rings. The summed E-state index contributed by atoms with van der Waals surface area (Å²) in [6.07, 6.45) is 5.44. The van der Waals surface area contributed by atoms with E-state index in [2.05, 4.69) is 61.6 Å². The number of nitrogens with one attached hydrogen (secondary N) is 1. The van der Waals surface area contributed by atoms with E-state index in [0.717, 1.165) is 17.8 Å². The Morgan fingerprint density at radius 3 is 2.50 bits per heavy atom. The third-order valence-electron chi connectivity index (χ3n) is 2.87. The van der Waals surface area contributed by atoms with Crippen LogP contribution in [0.3, 0.4) is 0 Å². The van der Waals surface area contributed by atoms with Crippen molar-refractivity contribution in [2.45, 2.75) is 20.3 Å². The van der Waals surface area contributed by atoms with Gasteiger partial charge in [-0.25, -0.2) is 0 Å². The first-order chi connectivity index (χ1) is 8.79. The zero-order chi connectivity index (χ0) is 12.8. The van der Waals surface area contributed by atoms with Crippen LogP contribution in [0.4, 0.5) is 11.4 Å². The number of anilines is 2. The molecule has 0 heterocycles. The van der Waals surface area contributed by atoms with Crippen molar-refractivity contribution in [1.29, 1.82) is 0 Å². The lowest BCUT2D eigenvalue weighted by Gasteiger charge is -2.09. The highest BCUT2D eigenvalue weighted by Gasteiger charge is 1.98. The summed E-state index contributed by atoms with van der Waals surface area (Å²) < 4.78 is 0. The van der Waals surface area contributed by atoms with Crippen LogP contribution in [-0.4, -0.2) is 0 Å². The molecular formula is C17H19N. The predicted molar refractivity (Wildman–Crippen MR) is 80.2 cm³/mol. The largest absolute Gasteiger partial charge is 0.356 e. The van der Waals surface area contributed by atoms with Crippen LogP contribution in [0.25, 0.3) is 6.08 Å². The van der Waals surface area contributed by atoms with Crippen molar-refractivity contribution in [1.82, 2.24) is 0 Å². The van der Waals surface area contributed by atoms with E-state index in [9.17, 15) is 0 Å². The summed E-state index contributed by atoms with van der Waals surface area (Å²) in [6.45, 7) is 4.29. The summed E-state index contributed by atoms with van der Waals surface area (Å²) in [5.41, 5.74) is 4.82. The molecule has 0 aliphatic carbocycles. The maximum atomic E-state index is 3.41. The van der Waals surface area contributed by atoms with E-state index in [0.29, 0.717) is 0 Å². The van der Waals surface area contributed by atoms with E-state index in [1.54, 1.807) is 0 Å². The zero-order valence-corrected chi connectivity index (χ0v) is 11.0. The average Bonchev–Trinajstić information content (AvgIpc) is 2.40. The van der Waals surface area contributed by atoms with Gasteiger partial charge in [0.25, 0.3) is 0 Å². The van der Waals surface area contributed by atoms with Crippen LogP contribution in [-0.2, 0) is 0 Å². The molecule has 0 aliphatic heterocycles. The molecule has 1 N–H and O–H groups in total. The van der Waals surface area contributed by atoms with Crippen molar-refractivity contribution in [2.24, 2.45) is 0 Å². The highest BCUT2D eigenvalue weighted by atomic mass is 14.9. The van der Waals surface area contributed by atoms with Gasteiger partial charge in [-0.2, -0.15) is 0 Å². The van der Waals surface area contributed by atoms with Crippen molar-refractivity contribution in [3.63, 3.8) is 0 Å². The van der Waals surface area contributed by atoms with Gasteiger partial charge in [0.05, 0.1) is 0 Å². The second-order valence-electron chi connectivity index (χ2n) is 4.37. The van der Waals surface area contributed by atoms with Crippen LogP contribution in [0.1, 0.15) is 24.5 Å². The van der Waals surface area contributed by atoms with Gasteiger partial charge in [-0.3, -0.25) is 0 Å². The van der Waals surface area contributed by atoms with Crippen molar-refractivity contribution in [3.8, 4) is 0 Å². The van der Waals surface area contributed by atoms with Gasteiger partial charge in [0, 0.05) is 11.4 Å². The van der Waals surface area contributed by atoms with Crippen molar-refractivity contribution in [2.75, 3.05) is 5.32 Å². The van der Waals surface area contributed by atoms with Gasteiger partial charge in [-0.05, 0) is 48.7 Å². The Morgan fingerprint density at radius 1 is 1.00 bits per heavy atom. The summed E-state index contributed by atoms with van der Waals surface area (Å²) in [6, 6.07) is 16.7. The summed E-state index contributed by atoms with van der Waals surface area (Å²) >= 11 is 0. The van der Waals surface area contributed by atoms with Gasteiger partial charge in [0.15, 0.2) is 0 Å². The lowest BCUT2D eigenvalue weighted by atomic mass is 10.1. The minimum absolute atomic E-state index is 1.07. The molecular weight excluding hydrogens is 218 g/mol. The monoisotopic (exact) mass is 237 g/mol. The molecule has 0 fully saturated rings. The van der Waals surface area contributed by atoms with Crippen LogP contribution in [0.5, 0.6) is 0 Å². The van der Waals surface area contributed by atoms with E-state index in [-0.39, 0.29) is 0 Å². The average molecular weight is 237 g/mol. The lowest BCUT2D eigenvalue weighted by molar-refractivity contribution is 1.23. The Balaban J connectivity index is 2.22. The number of rotatable bonds is 4. The van der Waals surface area contributed by atoms with E-state index < -0.39 is 0 Å². The first kappa shape index (κ1) is 12.4. The number of para-hydroxylation sites is 1. The second-order valence-corrected chi connectivity index (χ2v) is 4.37. The Hall–Kier alpha value is -2.02. The maximum Gasteiger partial charge on any atom is 0.0390 e. The SMILES string of the molecule is CC/C=C\c1cc(Nc2ccccc2)ccc1C. The fraction of sp³-hybridized carbons (Fsp3) is 0.176. The normalized spacial score (nSPS) is 10.8. The molecule has 0 unspecified atom stereocenters. The highest BCUT2D eigenvalue weighted by Crippen LogP contribution is 2.20. The Morgan fingerprint density at radius 2 is 1.78 bits per heavy atom. The summed E-state index contributed by atoms with van der Waals surface area (Å²) in [7, 11) is 0. The molecule has 2 rings (SSSR count). The van der Waals surface area contributed by atoms with E-state index >= 15 is 0 Å². The van der Waals surface area contributed by atoms with Gasteiger partial charge >= 0.3 is 0 Å². The van der Waals surface area contributed by atoms with Crippen LogP contribution >= 0.6 is 0 Å². The molecule has 0 saturated carbocycles. The third kappa shape index (κ3) is 3.24. The van der Waals surface area contributed by atoms with E-state index in [1.165, 1.54) is 11.1 Å². The zero-order valence-electron chi connectivity index (χ0n) is 11.0. The lowest BCUT2D eigenvalue weighted by Crippen LogP contribution is -1.91. The summed E-state index contributed by atoms with van der Waals surface area (Å²) in [5.74, 6) is 0. The molecule has 0 bridgehead atoms. The number of benzene rings is 2. The minimum Gasteiger partial charge on any atom is -0.356 e. The Labute approximate surface area is 109 Å². The molecule has 0 atom stereocenters. The summed E-state index contributed by atoms with van der Waals surface area (Å²) in [5, 5.41) is 3.41. The quantitative estimate of drug-likeness (QED) is 0.774. The second kappa shape index (κ2) is 6.06. The molecule has 92 valence electrons. The predicted octanol–water partition coefficient (Wildman–Crippen LogP) is 5.16. The maximum absolute atomic E-state index is 3.41. The molecule has 0 aromatic heterocycles. The van der Waals surface area contributed by atoms with Gasteiger partial charge in [-0.1, -0.05) is 43.3 Å². The van der Waals surface area contributed by atoms with Crippen LogP contribution < -0.4 is 5.32 Å².